The second-order valence-corrected chi connectivity index (χ2v) is 3.37. The van der Waals surface area contributed by atoms with E-state index in [1.165, 1.54) is 0 Å². The second-order valence-electron chi connectivity index (χ2n) is 1.13. The van der Waals surface area contributed by atoms with Crippen LogP contribution in [-0.2, 0) is 0 Å². The van der Waals surface area contributed by atoms with Gasteiger partial charge in [-0.1, -0.05) is 5.92 Å². The van der Waals surface area contributed by atoms with Crippen molar-refractivity contribution in [3.8, 4) is 15.9 Å². The Labute approximate surface area is 57.8 Å². The van der Waals surface area contributed by atoms with Gasteiger partial charge >= 0.3 is 0 Å². The average molecular weight is 215 g/mol. The van der Waals surface area contributed by atoms with E-state index >= 15 is 0 Å². The summed E-state index contributed by atoms with van der Waals surface area (Å²) in [4.78, 5) is 0. The minimum Gasteiger partial charge on any atom is -0.192 e. The van der Waals surface area contributed by atoms with Gasteiger partial charge in [0, 0.05) is 0 Å². The van der Waals surface area contributed by atoms with Crippen LogP contribution in [0.25, 0.3) is 0 Å². The summed E-state index contributed by atoms with van der Waals surface area (Å²) < 4.78 is 3.76. The number of hydrogen-bond donors (Lipinski definition) is 0. The summed E-state index contributed by atoms with van der Waals surface area (Å²) in [5.41, 5.74) is 0. The van der Waals surface area contributed by atoms with Crippen LogP contribution in [0.2, 0.25) is 0 Å². The molecule has 1 heterocycles. The first-order valence-corrected chi connectivity index (χ1v) is 4.17. The van der Waals surface area contributed by atoms with E-state index in [1.54, 1.807) is 12.2 Å². The topological polar surface area (TPSA) is 23.8 Å². The van der Waals surface area contributed by atoms with Gasteiger partial charge in [-0.15, -0.1) is 0 Å². The number of nitriles is 1. The van der Waals surface area contributed by atoms with Crippen molar-refractivity contribution in [3.63, 3.8) is 0 Å². The first kappa shape index (κ1) is 5.53. The maximum atomic E-state index is 8.31. The first-order valence-electron chi connectivity index (χ1n) is 2.01. The fourth-order valence-corrected chi connectivity index (χ4v) is 1.42. The van der Waals surface area contributed by atoms with E-state index in [0.29, 0.717) is 0 Å². The van der Waals surface area contributed by atoms with Gasteiger partial charge in [0.25, 0.3) is 0 Å². The lowest BCUT2D eigenvalue weighted by molar-refractivity contribution is 1.56. The standard InChI is InChI=1S/C6H2IN/c8-5-6-3-1-2-4-7-6/h1,3H. The van der Waals surface area contributed by atoms with E-state index in [4.69, 9.17) is 5.26 Å². The highest BCUT2D eigenvalue weighted by Gasteiger charge is 1.86. The number of nitrogens with zero attached hydrogens (tertiary/aromatic N) is 1. The van der Waals surface area contributed by atoms with E-state index in [9.17, 15) is 0 Å². The minimum absolute atomic E-state index is 0.244. The molecule has 38 valence electrons. The number of hydrogen-bond acceptors (Lipinski definition) is 1. The largest absolute Gasteiger partial charge is 0.192 e. The molecular formula is C6H2IN. The van der Waals surface area contributed by atoms with Crippen molar-refractivity contribution < 1.29 is 0 Å². The Morgan fingerprint density at radius 1 is 1.75 bits per heavy atom. The molecule has 1 rings (SSSR count). The third kappa shape index (κ3) is 1.18. The summed E-state index contributed by atoms with van der Waals surface area (Å²) in [6.45, 7) is 0. The van der Waals surface area contributed by atoms with Gasteiger partial charge in [-0.05, 0) is 36.8 Å². The molecule has 2 heteroatoms. The SMILES string of the molecule is N#CC1=IC#CC=C1. The van der Waals surface area contributed by atoms with Crippen LogP contribution in [0.5, 0.6) is 0 Å². The Hall–Kier alpha value is -0.610. The Kier molecular flexibility index (Phi) is 1.82. The Morgan fingerprint density at radius 3 is 3.00 bits per heavy atom. The Balaban J connectivity index is 2.95. The van der Waals surface area contributed by atoms with Gasteiger partial charge in [0.15, 0.2) is 0 Å². The van der Waals surface area contributed by atoms with Gasteiger partial charge < -0.3 is 0 Å². The average Bonchev–Trinajstić information content (AvgIpc) is 1.90. The molecule has 0 unspecified atom stereocenters. The van der Waals surface area contributed by atoms with Crippen LogP contribution in [0.4, 0.5) is 0 Å². The van der Waals surface area contributed by atoms with E-state index in [0.717, 1.165) is 3.51 Å². The van der Waals surface area contributed by atoms with Crippen LogP contribution in [-0.4, -0.2) is 3.51 Å². The van der Waals surface area contributed by atoms with E-state index in [-0.39, 0.29) is 20.7 Å². The number of halogens is 1. The molecule has 0 amide bonds. The van der Waals surface area contributed by atoms with Crippen LogP contribution >= 0.6 is 20.7 Å². The van der Waals surface area contributed by atoms with Crippen molar-refractivity contribution >= 4 is 24.2 Å². The zero-order valence-corrected chi connectivity index (χ0v) is 6.14. The first-order chi connectivity index (χ1) is 3.93. The molecular weight excluding hydrogens is 213 g/mol. The normalized spacial score (nSPS) is 14.1. The van der Waals surface area contributed by atoms with Crippen LogP contribution in [0.1, 0.15) is 0 Å². The predicted octanol–water partition coefficient (Wildman–Crippen LogP) is 1.18. The molecule has 1 nitrogen and oxygen atoms in total. The molecule has 1 aliphatic heterocycles. The third-order valence-electron chi connectivity index (χ3n) is 0.623. The maximum Gasteiger partial charge on any atom is 0.106 e. The van der Waals surface area contributed by atoms with E-state index in [2.05, 4.69) is 15.9 Å². The summed E-state index contributed by atoms with van der Waals surface area (Å²) in [6.07, 6.45) is 3.52. The van der Waals surface area contributed by atoms with Gasteiger partial charge in [-0.2, -0.15) is 5.26 Å². The van der Waals surface area contributed by atoms with E-state index < -0.39 is 0 Å². The molecule has 0 saturated heterocycles. The molecule has 0 aromatic heterocycles. The number of allylic oxidation sites excluding steroid dienone is 2. The summed E-state index contributed by atoms with van der Waals surface area (Å²) in [5, 5.41) is 8.31. The summed E-state index contributed by atoms with van der Waals surface area (Å²) in [6, 6.07) is 2.08. The van der Waals surface area contributed by atoms with Crippen molar-refractivity contribution in [3.05, 3.63) is 12.2 Å². The van der Waals surface area contributed by atoms with Crippen LogP contribution < -0.4 is 0 Å². The van der Waals surface area contributed by atoms with Crippen molar-refractivity contribution in [1.82, 2.24) is 0 Å². The molecule has 8 heavy (non-hydrogen) atoms. The molecule has 0 spiro atoms. The summed E-state index contributed by atoms with van der Waals surface area (Å²) in [5.74, 6) is 2.80. The quantitative estimate of drug-likeness (QED) is 0.439. The highest BCUT2D eigenvalue weighted by atomic mass is 127. The number of rotatable bonds is 0. The lowest BCUT2D eigenvalue weighted by Crippen LogP contribution is -1.81. The maximum absolute atomic E-state index is 8.31. The molecule has 0 atom stereocenters. The van der Waals surface area contributed by atoms with Gasteiger partial charge in [-0.25, -0.2) is 0 Å². The van der Waals surface area contributed by atoms with Crippen LogP contribution in [0.3, 0.4) is 0 Å². The minimum atomic E-state index is -0.244. The van der Waals surface area contributed by atoms with Crippen molar-refractivity contribution in [2.75, 3.05) is 0 Å². The summed E-state index contributed by atoms with van der Waals surface area (Å²) >= 11 is -0.244. The molecule has 1 aliphatic rings. The van der Waals surface area contributed by atoms with Crippen molar-refractivity contribution in [1.29, 1.82) is 5.26 Å². The fourth-order valence-electron chi connectivity index (χ4n) is 0.314. The van der Waals surface area contributed by atoms with Crippen molar-refractivity contribution in [2.45, 2.75) is 0 Å². The molecule has 0 bridgehead atoms. The highest BCUT2D eigenvalue weighted by Crippen LogP contribution is 2.01. The molecule has 0 aliphatic carbocycles. The smallest absolute Gasteiger partial charge is 0.106 e. The van der Waals surface area contributed by atoms with Crippen LogP contribution in [0.15, 0.2) is 12.2 Å². The molecule has 0 radical (unpaired) electrons. The Bertz CT molecular complexity index is 244. The third-order valence-corrected chi connectivity index (χ3v) is 2.39. The molecule has 0 saturated carbocycles. The molecule has 0 aromatic rings. The van der Waals surface area contributed by atoms with Gasteiger partial charge in [-0.3, -0.25) is 0 Å². The predicted molar refractivity (Wildman–Crippen MR) is 41.6 cm³/mol. The van der Waals surface area contributed by atoms with Crippen molar-refractivity contribution in [2.24, 2.45) is 0 Å². The zero-order chi connectivity index (χ0) is 5.82. The van der Waals surface area contributed by atoms with Gasteiger partial charge in [0.05, 0.1) is 3.51 Å². The van der Waals surface area contributed by atoms with Gasteiger partial charge in [0.2, 0.25) is 0 Å². The fraction of sp³-hybridized carbons (Fsp3) is 0. The molecule has 0 fully saturated rings. The van der Waals surface area contributed by atoms with E-state index in [1.807, 2.05) is 0 Å². The monoisotopic (exact) mass is 215 g/mol. The van der Waals surface area contributed by atoms with Crippen LogP contribution in [0, 0.1) is 21.2 Å². The highest BCUT2D eigenvalue weighted by molar-refractivity contribution is 14.2. The zero-order valence-electron chi connectivity index (χ0n) is 3.98. The second kappa shape index (κ2) is 2.64. The lowest BCUT2D eigenvalue weighted by atomic mass is 10.4. The Morgan fingerprint density at radius 2 is 2.62 bits per heavy atom. The summed E-state index contributed by atoms with van der Waals surface area (Å²) in [7, 11) is 0. The van der Waals surface area contributed by atoms with Gasteiger partial charge in [0.1, 0.15) is 6.07 Å². The lowest BCUT2D eigenvalue weighted by Gasteiger charge is -1.81. The molecule has 0 N–H and O–H groups in total. The molecule has 0 aromatic carbocycles.